The summed E-state index contributed by atoms with van der Waals surface area (Å²) in [4.78, 5) is 3.95. The van der Waals surface area contributed by atoms with E-state index in [1.54, 1.807) is 12.4 Å². The van der Waals surface area contributed by atoms with E-state index in [1.807, 2.05) is 12.1 Å². The Labute approximate surface area is 90.3 Å². The lowest BCUT2D eigenvalue weighted by atomic mass is 10.1. The highest BCUT2D eigenvalue weighted by Crippen LogP contribution is 2.14. The fourth-order valence-corrected chi connectivity index (χ4v) is 1.52. The van der Waals surface area contributed by atoms with E-state index in [4.69, 9.17) is 4.74 Å². The first-order valence-corrected chi connectivity index (χ1v) is 4.72. The van der Waals surface area contributed by atoms with Crippen molar-refractivity contribution in [2.24, 2.45) is 0 Å². The maximum atomic E-state index is 5.78. The van der Waals surface area contributed by atoms with E-state index >= 15 is 0 Å². The Morgan fingerprint density at radius 2 is 1.86 bits per heavy atom. The molecule has 1 saturated heterocycles. The third-order valence-corrected chi connectivity index (χ3v) is 2.24. The van der Waals surface area contributed by atoms with Crippen LogP contribution in [0, 0.1) is 0 Å². The summed E-state index contributed by atoms with van der Waals surface area (Å²) in [5, 5.41) is 3.31. The Bertz CT molecular complexity index is 250. The lowest BCUT2D eigenvalue weighted by molar-refractivity contribution is 0.162. The molecule has 1 aliphatic rings. The zero-order valence-corrected chi connectivity index (χ0v) is 8.80. The minimum atomic E-state index is 0. The number of halogens is 1. The van der Waals surface area contributed by atoms with Gasteiger partial charge in [-0.3, -0.25) is 4.98 Å². The molecule has 0 amide bonds. The van der Waals surface area contributed by atoms with Gasteiger partial charge in [0.05, 0.1) is 0 Å². The van der Waals surface area contributed by atoms with Crippen LogP contribution in [0.3, 0.4) is 0 Å². The molecule has 0 saturated carbocycles. The van der Waals surface area contributed by atoms with E-state index in [2.05, 4.69) is 10.3 Å². The minimum Gasteiger partial charge on any atom is -0.490 e. The Balaban J connectivity index is 0.000000980. The maximum absolute atomic E-state index is 5.78. The molecule has 1 aliphatic heterocycles. The number of pyridine rings is 1. The second-order valence-corrected chi connectivity index (χ2v) is 3.25. The summed E-state index contributed by atoms with van der Waals surface area (Å²) in [7, 11) is 0. The van der Waals surface area contributed by atoms with Crippen molar-refractivity contribution in [3.05, 3.63) is 24.5 Å². The molecule has 3 nitrogen and oxygen atoms in total. The van der Waals surface area contributed by atoms with Gasteiger partial charge in [0.1, 0.15) is 11.9 Å². The van der Waals surface area contributed by atoms with Gasteiger partial charge in [0.2, 0.25) is 0 Å². The number of nitrogens with one attached hydrogen (secondary N) is 1. The summed E-state index contributed by atoms with van der Waals surface area (Å²) in [5.41, 5.74) is 0. The number of piperidine rings is 1. The van der Waals surface area contributed by atoms with Crippen molar-refractivity contribution < 1.29 is 4.74 Å². The summed E-state index contributed by atoms with van der Waals surface area (Å²) in [6.45, 7) is 2.13. The molecule has 0 aromatic carbocycles. The van der Waals surface area contributed by atoms with Crippen LogP contribution in [0.2, 0.25) is 0 Å². The molecule has 0 atom stereocenters. The van der Waals surface area contributed by atoms with E-state index in [9.17, 15) is 0 Å². The highest BCUT2D eigenvalue weighted by atomic mass is 35.5. The molecular weight excluding hydrogens is 200 g/mol. The van der Waals surface area contributed by atoms with Crippen molar-refractivity contribution in [3.63, 3.8) is 0 Å². The van der Waals surface area contributed by atoms with Gasteiger partial charge in [-0.25, -0.2) is 0 Å². The summed E-state index contributed by atoms with van der Waals surface area (Å²) < 4.78 is 5.78. The Kier molecular flexibility index (Phi) is 4.70. The smallest absolute Gasteiger partial charge is 0.122 e. The average molecular weight is 215 g/mol. The molecule has 78 valence electrons. The normalized spacial score (nSPS) is 17.1. The van der Waals surface area contributed by atoms with Crippen LogP contribution in [-0.2, 0) is 0 Å². The molecule has 1 aromatic rings. The van der Waals surface area contributed by atoms with Gasteiger partial charge < -0.3 is 10.1 Å². The molecule has 0 unspecified atom stereocenters. The quantitative estimate of drug-likeness (QED) is 0.813. The summed E-state index contributed by atoms with van der Waals surface area (Å²) >= 11 is 0. The molecule has 0 aliphatic carbocycles. The minimum absolute atomic E-state index is 0. The van der Waals surface area contributed by atoms with Crippen LogP contribution in [0.1, 0.15) is 12.8 Å². The molecular formula is C10H15ClN2O. The van der Waals surface area contributed by atoms with Gasteiger partial charge in [0, 0.05) is 12.4 Å². The Morgan fingerprint density at radius 1 is 1.21 bits per heavy atom. The van der Waals surface area contributed by atoms with Gasteiger partial charge in [-0.05, 0) is 38.1 Å². The number of nitrogens with zero attached hydrogens (tertiary/aromatic N) is 1. The largest absolute Gasteiger partial charge is 0.490 e. The van der Waals surface area contributed by atoms with E-state index in [0.717, 1.165) is 31.7 Å². The molecule has 0 bridgehead atoms. The summed E-state index contributed by atoms with van der Waals surface area (Å²) in [5.74, 6) is 0.932. The number of rotatable bonds is 2. The lowest BCUT2D eigenvalue weighted by Gasteiger charge is -2.23. The molecule has 0 radical (unpaired) electrons. The second kappa shape index (κ2) is 5.83. The van der Waals surface area contributed by atoms with Gasteiger partial charge in [-0.15, -0.1) is 12.4 Å². The van der Waals surface area contributed by atoms with Crippen LogP contribution in [0.15, 0.2) is 24.5 Å². The van der Waals surface area contributed by atoms with E-state index in [1.165, 1.54) is 0 Å². The molecule has 14 heavy (non-hydrogen) atoms. The predicted octanol–water partition coefficient (Wildman–Crippen LogP) is 1.63. The molecule has 2 rings (SSSR count). The first-order chi connectivity index (χ1) is 6.45. The second-order valence-electron chi connectivity index (χ2n) is 3.25. The van der Waals surface area contributed by atoms with Gasteiger partial charge in [0.15, 0.2) is 0 Å². The number of aromatic nitrogens is 1. The fraction of sp³-hybridized carbons (Fsp3) is 0.500. The number of hydrogen-bond acceptors (Lipinski definition) is 3. The van der Waals surface area contributed by atoms with Crippen LogP contribution in [0.4, 0.5) is 0 Å². The third-order valence-electron chi connectivity index (χ3n) is 2.24. The Hall–Kier alpha value is -0.800. The zero-order valence-electron chi connectivity index (χ0n) is 7.98. The van der Waals surface area contributed by atoms with Crippen molar-refractivity contribution in [1.82, 2.24) is 10.3 Å². The van der Waals surface area contributed by atoms with E-state index in [0.29, 0.717) is 6.10 Å². The number of hydrogen-bond donors (Lipinski definition) is 1. The highest BCUT2D eigenvalue weighted by molar-refractivity contribution is 5.85. The van der Waals surface area contributed by atoms with Gasteiger partial charge >= 0.3 is 0 Å². The number of ether oxygens (including phenoxy) is 1. The van der Waals surface area contributed by atoms with Crippen molar-refractivity contribution in [1.29, 1.82) is 0 Å². The molecule has 0 spiro atoms. The standard InChI is InChI=1S/C10H14N2O.ClH/c1-5-11-6-2-9(1)13-10-3-7-12-8-4-10;/h1-2,5-6,10,12H,3-4,7-8H2;1H. The van der Waals surface area contributed by atoms with E-state index in [-0.39, 0.29) is 12.4 Å². The molecule has 1 N–H and O–H groups in total. The summed E-state index contributed by atoms with van der Waals surface area (Å²) in [6.07, 6.45) is 6.10. The molecule has 4 heteroatoms. The van der Waals surface area contributed by atoms with E-state index < -0.39 is 0 Å². The van der Waals surface area contributed by atoms with Crippen molar-refractivity contribution in [3.8, 4) is 5.75 Å². The first-order valence-electron chi connectivity index (χ1n) is 4.72. The lowest BCUT2D eigenvalue weighted by Crippen LogP contribution is -2.34. The zero-order chi connectivity index (χ0) is 8.93. The van der Waals surface area contributed by atoms with Crippen molar-refractivity contribution in [2.75, 3.05) is 13.1 Å². The highest BCUT2D eigenvalue weighted by Gasteiger charge is 2.13. The summed E-state index contributed by atoms with van der Waals surface area (Å²) in [6, 6.07) is 3.81. The van der Waals surface area contributed by atoms with Crippen molar-refractivity contribution >= 4 is 12.4 Å². The monoisotopic (exact) mass is 214 g/mol. The van der Waals surface area contributed by atoms with Crippen LogP contribution in [0.5, 0.6) is 5.75 Å². The molecule has 2 heterocycles. The van der Waals surface area contributed by atoms with Crippen LogP contribution < -0.4 is 10.1 Å². The fourth-order valence-electron chi connectivity index (χ4n) is 1.52. The maximum Gasteiger partial charge on any atom is 0.122 e. The van der Waals surface area contributed by atoms with Crippen LogP contribution >= 0.6 is 12.4 Å². The predicted molar refractivity (Wildman–Crippen MR) is 58.0 cm³/mol. The van der Waals surface area contributed by atoms with Crippen LogP contribution in [0.25, 0.3) is 0 Å². The third kappa shape index (κ3) is 3.16. The Morgan fingerprint density at radius 3 is 2.50 bits per heavy atom. The topological polar surface area (TPSA) is 34.1 Å². The van der Waals surface area contributed by atoms with Gasteiger partial charge in [0.25, 0.3) is 0 Å². The SMILES string of the molecule is Cl.c1cc(OC2CCNCC2)ccn1. The molecule has 1 fully saturated rings. The van der Waals surface area contributed by atoms with Gasteiger partial charge in [-0.2, -0.15) is 0 Å². The average Bonchev–Trinajstić information content (AvgIpc) is 2.21. The van der Waals surface area contributed by atoms with Gasteiger partial charge in [-0.1, -0.05) is 0 Å². The van der Waals surface area contributed by atoms with Crippen LogP contribution in [-0.4, -0.2) is 24.2 Å². The molecule has 1 aromatic heterocycles. The first kappa shape index (κ1) is 11.3. The van der Waals surface area contributed by atoms with Crippen molar-refractivity contribution in [2.45, 2.75) is 18.9 Å².